The largest absolute Gasteiger partial charge is 0.310 e. The first kappa shape index (κ1) is 36.9. The first-order valence-corrected chi connectivity index (χ1v) is 21.9. The van der Waals surface area contributed by atoms with Gasteiger partial charge in [0.05, 0.1) is 5.69 Å². The highest BCUT2D eigenvalue weighted by Crippen LogP contribution is 2.52. The van der Waals surface area contributed by atoms with Crippen molar-refractivity contribution in [1.82, 2.24) is 0 Å². The van der Waals surface area contributed by atoms with Crippen molar-refractivity contribution in [2.45, 2.75) is 19.3 Å². The summed E-state index contributed by atoms with van der Waals surface area (Å²) in [6.45, 7) is 4.73. The Bertz CT molecular complexity index is 3480. The molecule has 0 saturated carbocycles. The van der Waals surface area contributed by atoms with Crippen LogP contribution < -0.4 is 9.80 Å². The molecule has 12 rings (SSSR count). The van der Waals surface area contributed by atoms with Gasteiger partial charge < -0.3 is 9.80 Å². The predicted molar refractivity (Wildman–Crippen MR) is 269 cm³/mol. The van der Waals surface area contributed by atoms with Crippen LogP contribution in [0.4, 0.5) is 34.1 Å². The van der Waals surface area contributed by atoms with E-state index in [-0.39, 0.29) is 5.41 Å². The maximum atomic E-state index is 2.48. The Balaban J connectivity index is 1.06. The fourth-order valence-corrected chi connectivity index (χ4v) is 10.4. The zero-order chi connectivity index (χ0) is 42.1. The molecule has 0 fully saturated rings. The molecule has 0 unspecified atom stereocenters. The maximum Gasteiger partial charge on any atom is 0.0540 e. The van der Waals surface area contributed by atoms with Crippen LogP contribution in [0.25, 0.3) is 65.3 Å². The lowest BCUT2D eigenvalue weighted by Crippen LogP contribution is -2.16. The summed E-state index contributed by atoms with van der Waals surface area (Å²) in [7, 11) is 0. The van der Waals surface area contributed by atoms with E-state index < -0.39 is 0 Å². The third-order valence-electron chi connectivity index (χ3n) is 13.4. The van der Waals surface area contributed by atoms with Crippen LogP contribution in [-0.4, -0.2) is 0 Å². The summed E-state index contributed by atoms with van der Waals surface area (Å²) in [4.78, 5) is 4.82. The molecule has 1 aliphatic rings. The Morgan fingerprint density at radius 2 is 0.810 bits per heavy atom. The van der Waals surface area contributed by atoms with E-state index in [1.807, 2.05) is 0 Å². The summed E-state index contributed by atoms with van der Waals surface area (Å²) in [5.41, 5.74) is 14.4. The standard InChI is InChI=1S/C61H44N2/c1-61(2)57-28-16-14-26-52(57)53-37-33-47(40-58(53)61)63(59-29-17-15-24-48(59)41-18-6-3-7-19-41)46-32-36-51-55-34-30-42-38-45(62(43-20-8-4-9-21-43)44-22-10-5-11-23-44)31-35-49(42)60(55)54-27-13-12-25-50(54)56(51)39-46/h3-40H,1-2H3. The zero-order valence-electron chi connectivity index (χ0n) is 35.3. The average Bonchev–Trinajstić information content (AvgIpc) is 3.57. The van der Waals surface area contributed by atoms with Gasteiger partial charge in [0.25, 0.3) is 0 Å². The SMILES string of the molecule is CC1(C)c2ccccc2-c2ccc(N(c3ccc4c(c3)c3ccccc3c3c5ccc(N(c6ccccc6)c6ccccc6)cc5ccc43)c3ccccc3-c3ccccc3)cc21. The third kappa shape index (κ3) is 5.94. The molecule has 0 radical (unpaired) electrons. The van der Waals surface area contributed by atoms with Gasteiger partial charge in [0.15, 0.2) is 0 Å². The van der Waals surface area contributed by atoms with Crippen molar-refractivity contribution in [1.29, 1.82) is 0 Å². The van der Waals surface area contributed by atoms with Crippen LogP contribution in [0, 0.1) is 0 Å². The number of rotatable bonds is 7. The molecule has 2 nitrogen and oxygen atoms in total. The molecule has 11 aromatic rings. The van der Waals surface area contributed by atoms with Gasteiger partial charge >= 0.3 is 0 Å². The molecule has 0 heterocycles. The second kappa shape index (κ2) is 14.6. The highest BCUT2D eigenvalue weighted by atomic mass is 15.1. The van der Waals surface area contributed by atoms with E-state index in [0.29, 0.717) is 0 Å². The number of anilines is 6. The second-order valence-corrected chi connectivity index (χ2v) is 17.3. The van der Waals surface area contributed by atoms with Crippen LogP contribution in [0.5, 0.6) is 0 Å². The first-order valence-electron chi connectivity index (χ1n) is 21.9. The van der Waals surface area contributed by atoms with Crippen LogP contribution in [0.2, 0.25) is 0 Å². The summed E-state index contributed by atoms with van der Waals surface area (Å²) in [5, 5.41) is 9.99. The van der Waals surface area contributed by atoms with Crippen molar-refractivity contribution in [3.8, 4) is 22.3 Å². The van der Waals surface area contributed by atoms with E-state index in [1.54, 1.807) is 0 Å². The molecular weight excluding hydrogens is 761 g/mol. The van der Waals surface area contributed by atoms with Gasteiger partial charge in [0.2, 0.25) is 0 Å². The van der Waals surface area contributed by atoms with E-state index in [0.717, 1.165) is 34.1 Å². The summed E-state index contributed by atoms with van der Waals surface area (Å²) in [6.07, 6.45) is 0. The lowest BCUT2D eigenvalue weighted by Gasteiger charge is -2.30. The van der Waals surface area contributed by atoms with Gasteiger partial charge in [0, 0.05) is 39.4 Å². The minimum atomic E-state index is -0.129. The van der Waals surface area contributed by atoms with Crippen molar-refractivity contribution >= 4 is 77.2 Å². The lowest BCUT2D eigenvalue weighted by molar-refractivity contribution is 0.660. The fraction of sp³-hybridized carbons (Fsp3) is 0.0492. The van der Waals surface area contributed by atoms with Gasteiger partial charge in [-0.05, 0) is 138 Å². The van der Waals surface area contributed by atoms with Gasteiger partial charge in [-0.2, -0.15) is 0 Å². The highest BCUT2D eigenvalue weighted by molar-refractivity contribution is 6.32. The summed E-state index contributed by atoms with van der Waals surface area (Å²) < 4.78 is 0. The normalized spacial score (nSPS) is 12.7. The number of nitrogens with zero attached hydrogens (tertiary/aromatic N) is 2. The Hall–Kier alpha value is -7.94. The molecule has 0 N–H and O–H groups in total. The summed E-state index contributed by atoms with van der Waals surface area (Å²) >= 11 is 0. The molecule has 1 aliphatic carbocycles. The van der Waals surface area contributed by atoms with E-state index in [4.69, 9.17) is 0 Å². The van der Waals surface area contributed by atoms with Gasteiger partial charge in [-0.3, -0.25) is 0 Å². The van der Waals surface area contributed by atoms with Crippen LogP contribution in [0.15, 0.2) is 231 Å². The second-order valence-electron chi connectivity index (χ2n) is 17.3. The smallest absolute Gasteiger partial charge is 0.0540 e. The molecule has 0 saturated heterocycles. The number of fused-ring (bicyclic) bond motifs is 11. The lowest BCUT2D eigenvalue weighted by atomic mass is 9.82. The van der Waals surface area contributed by atoms with Crippen LogP contribution in [0.1, 0.15) is 25.0 Å². The van der Waals surface area contributed by atoms with Gasteiger partial charge in [-0.15, -0.1) is 0 Å². The minimum Gasteiger partial charge on any atom is -0.310 e. The number of hydrogen-bond donors (Lipinski definition) is 0. The summed E-state index contributed by atoms with van der Waals surface area (Å²) in [6, 6.07) is 84.6. The molecule has 0 bridgehead atoms. The molecule has 63 heavy (non-hydrogen) atoms. The molecule has 0 amide bonds. The molecular formula is C61H44N2. The molecule has 11 aromatic carbocycles. The number of benzene rings is 11. The van der Waals surface area contributed by atoms with Crippen molar-refractivity contribution < 1.29 is 0 Å². The molecule has 0 atom stereocenters. The number of hydrogen-bond acceptors (Lipinski definition) is 2. The molecule has 0 aliphatic heterocycles. The summed E-state index contributed by atoms with van der Waals surface area (Å²) in [5.74, 6) is 0. The average molecular weight is 805 g/mol. The van der Waals surface area contributed by atoms with Gasteiger partial charge in [-0.25, -0.2) is 0 Å². The van der Waals surface area contributed by atoms with Gasteiger partial charge in [0.1, 0.15) is 0 Å². The van der Waals surface area contributed by atoms with E-state index >= 15 is 0 Å². The highest BCUT2D eigenvalue weighted by Gasteiger charge is 2.36. The third-order valence-corrected chi connectivity index (χ3v) is 13.4. The Kier molecular flexibility index (Phi) is 8.55. The van der Waals surface area contributed by atoms with Crippen molar-refractivity contribution in [3.05, 3.63) is 242 Å². The molecule has 0 aromatic heterocycles. The van der Waals surface area contributed by atoms with Crippen LogP contribution >= 0.6 is 0 Å². The Labute approximate surface area is 368 Å². The predicted octanol–water partition coefficient (Wildman–Crippen LogP) is 17.2. The van der Waals surface area contributed by atoms with Crippen molar-refractivity contribution in [3.63, 3.8) is 0 Å². The monoisotopic (exact) mass is 804 g/mol. The van der Waals surface area contributed by atoms with E-state index in [1.165, 1.54) is 76.5 Å². The Morgan fingerprint density at radius 3 is 1.56 bits per heavy atom. The van der Waals surface area contributed by atoms with Gasteiger partial charge in [-0.1, -0.05) is 178 Å². The van der Waals surface area contributed by atoms with Crippen LogP contribution in [-0.2, 0) is 5.41 Å². The number of para-hydroxylation sites is 3. The topological polar surface area (TPSA) is 6.48 Å². The zero-order valence-corrected chi connectivity index (χ0v) is 35.3. The van der Waals surface area contributed by atoms with E-state index in [2.05, 4.69) is 254 Å². The maximum absolute atomic E-state index is 2.48. The minimum absolute atomic E-state index is 0.129. The first-order chi connectivity index (χ1) is 31.0. The fourth-order valence-electron chi connectivity index (χ4n) is 10.4. The van der Waals surface area contributed by atoms with E-state index in [9.17, 15) is 0 Å². The Morgan fingerprint density at radius 1 is 0.302 bits per heavy atom. The molecule has 298 valence electrons. The van der Waals surface area contributed by atoms with Crippen LogP contribution in [0.3, 0.4) is 0 Å². The quantitative estimate of drug-likeness (QED) is 0.148. The van der Waals surface area contributed by atoms with Crippen molar-refractivity contribution in [2.75, 3.05) is 9.80 Å². The molecule has 0 spiro atoms. The molecule has 2 heteroatoms. The van der Waals surface area contributed by atoms with Crippen molar-refractivity contribution in [2.24, 2.45) is 0 Å².